The number of ether oxygens (including phenoxy) is 2. The Labute approximate surface area is 129 Å². The maximum absolute atomic E-state index is 12.7. The van der Waals surface area contributed by atoms with Gasteiger partial charge in [-0.05, 0) is 26.2 Å². The van der Waals surface area contributed by atoms with Crippen LogP contribution >= 0.6 is 0 Å². The maximum Gasteiger partial charge on any atom is 0.247 e. The molecular formula is C13H21N3O5S. The summed E-state index contributed by atoms with van der Waals surface area (Å²) in [6, 6.07) is -0.538. The standard InChI is InChI=1S/C13H21N3O5S/c1-10-14-13(21-15-10)12-9-19-7-5-16(12)22(17,18)8-4-11-3-2-6-20-11/h11-12H,2-9H2,1H3/t11-,12+/m0/s1. The molecule has 0 aliphatic carbocycles. The van der Waals surface area contributed by atoms with Crippen LogP contribution in [0.1, 0.15) is 37.0 Å². The fourth-order valence-electron chi connectivity index (χ4n) is 2.83. The molecule has 22 heavy (non-hydrogen) atoms. The summed E-state index contributed by atoms with van der Waals surface area (Å²) in [6.45, 7) is 3.35. The molecule has 0 aromatic carbocycles. The van der Waals surface area contributed by atoms with Crippen molar-refractivity contribution in [3.05, 3.63) is 11.7 Å². The topological polar surface area (TPSA) is 94.8 Å². The summed E-state index contributed by atoms with van der Waals surface area (Å²) in [5.41, 5.74) is 0. The second-order valence-corrected chi connectivity index (χ2v) is 7.66. The Bertz CT molecular complexity index is 597. The number of rotatable bonds is 5. The van der Waals surface area contributed by atoms with Gasteiger partial charge in [0.15, 0.2) is 5.82 Å². The SMILES string of the molecule is Cc1noc([C@H]2COCCN2S(=O)(=O)CC[C@@H]2CCCO2)n1. The maximum atomic E-state index is 12.7. The van der Waals surface area contributed by atoms with Crippen molar-refractivity contribution in [1.82, 2.24) is 14.4 Å². The zero-order valence-corrected chi connectivity index (χ0v) is 13.4. The van der Waals surface area contributed by atoms with Gasteiger partial charge in [-0.1, -0.05) is 5.16 Å². The highest BCUT2D eigenvalue weighted by Crippen LogP contribution is 2.27. The smallest absolute Gasteiger partial charge is 0.247 e. The van der Waals surface area contributed by atoms with E-state index in [0.717, 1.165) is 19.4 Å². The predicted octanol–water partition coefficient (Wildman–Crippen LogP) is 0.650. The molecular weight excluding hydrogens is 310 g/mol. The molecule has 2 saturated heterocycles. The van der Waals surface area contributed by atoms with E-state index in [4.69, 9.17) is 14.0 Å². The van der Waals surface area contributed by atoms with Gasteiger partial charge in [-0.3, -0.25) is 0 Å². The Morgan fingerprint density at radius 3 is 2.91 bits per heavy atom. The van der Waals surface area contributed by atoms with E-state index >= 15 is 0 Å². The van der Waals surface area contributed by atoms with Gasteiger partial charge >= 0.3 is 0 Å². The summed E-state index contributed by atoms with van der Waals surface area (Å²) in [5, 5.41) is 3.73. The highest BCUT2D eigenvalue weighted by Gasteiger charge is 2.37. The van der Waals surface area contributed by atoms with Gasteiger partial charge in [-0.25, -0.2) is 8.42 Å². The van der Waals surface area contributed by atoms with Gasteiger partial charge in [0.25, 0.3) is 0 Å². The summed E-state index contributed by atoms with van der Waals surface area (Å²) >= 11 is 0. The van der Waals surface area contributed by atoms with Crippen molar-refractivity contribution in [1.29, 1.82) is 0 Å². The predicted molar refractivity (Wildman–Crippen MR) is 76.7 cm³/mol. The Morgan fingerprint density at radius 2 is 2.23 bits per heavy atom. The van der Waals surface area contributed by atoms with Crippen molar-refractivity contribution in [3.63, 3.8) is 0 Å². The van der Waals surface area contributed by atoms with Gasteiger partial charge < -0.3 is 14.0 Å². The highest BCUT2D eigenvalue weighted by atomic mass is 32.2. The molecule has 0 unspecified atom stereocenters. The number of nitrogens with zero attached hydrogens (tertiary/aromatic N) is 3. The van der Waals surface area contributed by atoms with Crippen LogP contribution in [-0.2, 0) is 19.5 Å². The minimum atomic E-state index is -3.41. The van der Waals surface area contributed by atoms with Crippen LogP contribution in [0.25, 0.3) is 0 Å². The molecule has 3 heterocycles. The third kappa shape index (κ3) is 3.48. The first kappa shape index (κ1) is 15.9. The third-order valence-corrected chi connectivity index (χ3v) is 5.89. The normalized spacial score (nSPS) is 27.3. The van der Waals surface area contributed by atoms with Crippen molar-refractivity contribution >= 4 is 10.0 Å². The van der Waals surface area contributed by atoms with E-state index in [1.165, 1.54) is 4.31 Å². The Hall–Kier alpha value is -1.03. The van der Waals surface area contributed by atoms with E-state index in [-0.39, 0.29) is 24.4 Å². The highest BCUT2D eigenvalue weighted by molar-refractivity contribution is 7.89. The summed E-state index contributed by atoms with van der Waals surface area (Å²) in [6.07, 6.45) is 2.52. The van der Waals surface area contributed by atoms with E-state index in [0.29, 0.717) is 25.4 Å². The van der Waals surface area contributed by atoms with Crippen LogP contribution in [0, 0.1) is 6.92 Å². The molecule has 8 nitrogen and oxygen atoms in total. The molecule has 0 spiro atoms. The van der Waals surface area contributed by atoms with Crippen LogP contribution < -0.4 is 0 Å². The van der Waals surface area contributed by atoms with Gasteiger partial charge in [0.1, 0.15) is 6.04 Å². The summed E-state index contributed by atoms with van der Waals surface area (Å²) in [4.78, 5) is 4.15. The molecule has 124 valence electrons. The first-order chi connectivity index (χ1) is 10.6. The second kappa shape index (κ2) is 6.61. The van der Waals surface area contributed by atoms with Crippen molar-refractivity contribution in [2.75, 3.05) is 32.1 Å². The summed E-state index contributed by atoms with van der Waals surface area (Å²) in [5.74, 6) is 0.844. The zero-order chi connectivity index (χ0) is 15.6. The number of hydrogen-bond donors (Lipinski definition) is 0. The monoisotopic (exact) mass is 331 g/mol. The average Bonchev–Trinajstić information content (AvgIpc) is 3.17. The number of morpholine rings is 1. The van der Waals surface area contributed by atoms with Crippen molar-refractivity contribution in [3.8, 4) is 0 Å². The van der Waals surface area contributed by atoms with Crippen molar-refractivity contribution in [2.24, 2.45) is 0 Å². The van der Waals surface area contributed by atoms with Crippen LogP contribution in [-0.4, -0.2) is 61.1 Å². The van der Waals surface area contributed by atoms with E-state index < -0.39 is 16.1 Å². The van der Waals surface area contributed by atoms with Crippen molar-refractivity contribution < 1.29 is 22.4 Å². The van der Waals surface area contributed by atoms with E-state index in [2.05, 4.69) is 10.1 Å². The van der Waals surface area contributed by atoms with E-state index in [1.54, 1.807) is 6.92 Å². The lowest BCUT2D eigenvalue weighted by Gasteiger charge is -2.32. The van der Waals surface area contributed by atoms with E-state index in [1.807, 2.05) is 0 Å². The Morgan fingerprint density at radius 1 is 1.36 bits per heavy atom. The molecule has 1 aromatic rings. The number of aryl methyl sites for hydroxylation is 1. The van der Waals surface area contributed by atoms with Gasteiger partial charge in [0, 0.05) is 13.2 Å². The van der Waals surface area contributed by atoms with Gasteiger partial charge in [-0.15, -0.1) is 0 Å². The van der Waals surface area contributed by atoms with Crippen LogP contribution in [0.4, 0.5) is 0 Å². The minimum absolute atomic E-state index is 0.0555. The molecule has 2 aliphatic heterocycles. The molecule has 1 aromatic heterocycles. The van der Waals surface area contributed by atoms with Gasteiger partial charge in [0.05, 0.1) is 25.1 Å². The molecule has 0 bridgehead atoms. The molecule has 2 fully saturated rings. The minimum Gasteiger partial charge on any atom is -0.378 e. The van der Waals surface area contributed by atoms with Crippen LogP contribution in [0.5, 0.6) is 0 Å². The molecule has 0 saturated carbocycles. The van der Waals surface area contributed by atoms with Crippen LogP contribution in [0.15, 0.2) is 4.52 Å². The lowest BCUT2D eigenvalue weighted by molar-refractivity contribution is 0.0201. The molecule has 3 rings (SSSR count). The fourth-order valence-corrected chi connectivity index (χ4v) is 4.52. The molecule has 2 atom stereocenters. The van der Waals surface area contributed by atoms with Gasteiger partial charge in [-0.2, -0.15) is 9.29 Å². The van der Waals surface area contributed by atoms with Crippen LogP contribution in [0.2, 0.25) is 0 Å². The zero-order valence-electron chi connectivity index (χ0n) is 12.6. The largest absolute Gasteiger partial charge is 0.378 e. The molecule has 0 radical (unpaired) electrons. The Balaban J connectivity index is 1.71. The van der Waals surface area contributed by atoms with Crippen molar-refractivity contribution in [2.45, 2.75) is 38.3 Å². The average molecular weight is 331 g/mol. The lowest BCUT2D eigenvalue weighted by atomic mass is 10.2. The molecule has 0 N–H and O–H groups in total. The third-order valence-electron chi connectivity index (χ3n) is 3.99. The molecule has 0 amide bonds. The summed E-state index contributed by atoms with van der Waals surface area (Å²) in [7, 11) is -3.41. The number of sulfonamides is 1. The summed E-state index contributed by atoms with van der Waals surface area (Å²) < 4.78 is 42.8. The number of aromatic nitrogens is 2. The number of hydrogen-bond acceptors (Lipinski definition) is 7. The quantitative estimate of drug-likeness (QED) is 0.781. The fraction of sp³-hybridized carbons (Fsp3) is 0.846. The molecule has 2 aliphatic rings. The molecule has 9 heteroatoms. The second-order valence-electron chi connectivity index (χ2n) is 5.62. The van der Waals surface area contributed by atoms with Crippen LogP contribution in [0.3, 0.4) is 0 Å². The van der Waals surface area contributed by atoms with E-state index in [9.17, 15) is 8.42 Å². The lowest BCUT2D eigenvalue weighted by Crippen LogP contribution is -2.44. The van der Waals surface area contributed by atoms with Gasteiger partial charge in [0.2, 0.25) is 15.9 Å². The Kier molecular flexibility index (Phi) is 4.76. The first-order valence-corrected chi connectivity index (χ1v) is 9.16. The first-order valence-electron chi connectivity index (χ1n) is 7.55.